The van der Waals surface area contributed by atoms with Crippen molar-refractivity contribution in [2.45, 2.75) is 18.9 Å². The van der Waals surface area contributed by atoms with E-state index in [1.165, 1.54) is 24.3 Å². The lowest BCUT2D eigenvalue weighted by atomic mass is 10.0. The zero-order chi connectivity index (χ0) is 19.4. The van der Waals surface area contributed by atoms with Gasteiger partial charge in [-0.05, 0) is 49.2 Å². The summed E-state index contributed by atoms with van der Waals surface area (Å²) in [5, 5.41) is 0.270. The molecule has 1 aliphatic heterocycles. The molecule has 1 atom stereocenters. The Balaban J connectivity index is 1.86. The summed E-state index contributed by atoms with van der Waals surface area (Å²) >= 11 is 6.02. The summed E-state index contributed by atoms with van der Waals surface area (Å²) in [7, 11) is 3.20. The van der Waals surface area contributed by atoms with Gasteiger partial charge >= 0.3 is 0 Å². The Kier molecular flexibility index (Phi) is 6.01. The minimum Gasteiger partial charge on any atom is -0.497 e. The van der Waals surface area contributed by atoms with Crippen molar-refractivity contribution >= 4 is 23.6 Å². The van der Waals surface area contributed by atoms with E-state index in [2.05, 4.69) is 0 Å². The van der Waals surface area contributed by atoms with Crippen LogP contribution in [0.15, 0.2) is 42.5 Å². The summed E-state index contributed by atoms with van der Waals surface area (Å²) in [4.78, 5) is 14.5. The minimum absolute atomic E-state index is 0.122. The first-order valence-electron chi connectivity index (χ1n) is 8.69. The van der Waals surface area contributed by atoms with E-state index in [0.29, 0.717) is 18.0 Å². The van der Waals surface area contributed by atoms with Crippen LogP contribution in [0.1, 0.15) is 30.0 Å². The molecule has 1 heterocycles. The third kappa shape index (κ3) is 4.08. The molecule has 2 aromatic rings. The number of benzene rings is 2. The van der Waals surface area contributed by atoms with Gasteiger partial charge in [0.05, 0.1) is 25.3 Å². The minimum atomic E-state index is -0.459. The van der Waals surface area contributed by atoms with Crippen LogP contribution in [0, 0.1) is 5.82 Å². The number of amides is 1. The summed E-state index contributed by atoms with van der Waals surface area (Å²) in [6.45, 7) is 0.624. The van der Waals surface area contributed by atoms with E-state index in [9.17, 15) is 9.18 Å². The normalized spacial score (nSPS) is 16.7. The van der Waals surface area contributed by atoms with Gasteiger partial charge in [0.1, 0.15) is 17.3 Å². The zero-order valence-electron chi connectivity index (χ0n) is 15.2. The molecule has 4 nitrogen and oxygen atoms in total. The van der Waals surface area contributed by atoms with Gasteiger partial charge in [0.25, 0.3) is 0 Å². The summed E-state index contributed by atoms with van der Waals surface area (Å²) in [5.41, 5.74) is 1.11. The van der Waals surface area contributed by atoms with E-state index in [0.717, 1.165) is 18.4 Å². The Morgan fingerprint density at radius 3 is 2.78 bits per heavy atom. The first-order chi connectivity index (χ1) is 13.0. The van der Waals surface area contributed by atoms with Crippen molar-refractivity contribution in [3.8, 4) is 11.5 Å². The van der Waals surface area contributed by atoms with Crippen LogP contribution in [0.2, 0.25) is 5.02 Å². The number of methoxy groups -OCH3 is 2. The van der Waals surface area contributed by atoms with Gasteiger partial charge in [0, 0.05) is 23.7 Å². The van der Waals surface area contributed by atoms with Crippen molar-refractivity contribution < 1.29 is 18.7 Å². The average Bonchev–Trinajstić information content (AvgIpc) is 3.16. The number of ether oxygens (including phenoxy) is 2. The fourth-order valence-corrected chi connectivity index (χ4v) is 3.60. The van der Waals surface area contributed by atoms with Crippen LogP contribution in [0.4, 0.5) is 4.39 Å². The van der Waals surface area contributed by atoms with Crippen molar-refractivity contribution in [3.63, 3.8) is 0 Å². The zero-order valence-corrected chi connectivity index (χ0v) is 16.0. The smallest absolute Gasteiger partial charge is 0.247 e. The SMILES string of the molecule is COc1ccc(OC)c(C2CCCN2C(=O)C=Cc2c(F)cccc2Cl)c1. The lowest BCUT2D eigenvalue weighted by Crippen LogP contribution is -2.29. The Hall–Kier alpha value is -2.53. The van der Waals surface area contributed by atoms with Gasteiger partial charge in [-0.2, -0.15) is 0 Å². The van der Waals surface area contributed by atoms with Crippen LogP contribution >= 0.6 is 11.6 Å². The second kappa shape index (κ2) is 8.44. The van der Waals surface area contributed by atoms with Gasteiger partial charge in [0.15, 0.2) is 0 Å². The largest absolute Gasteiger partial charge is 0.497 e. The number of rotatable bonds is 5. The highest BCUT2D eigenvalue weighted by Gasteiger charge is 2.31. The molecule has 1 aliphatic rings. The Labute approximate surface area is 163 Å². The van der Waals surface area contributed by atoms with E-state index in [-0.39, 0.29) is 22.5 Å². The maximum Gasteiger partial charge on any atom is 0.247 e. The Morgan fingerprint density at radius 1 is 1.26 bits per heavy atom. The number of hydrogen-bond acceptors (Lipinski definition) is 3. The van der Waals surface area contributed by atoms with Crippen molar-refractivity contribution in [2.75, 3.05) is 20.8 Å². The summed E-state index contributed by atoms with van der Waals surface area (Å²) in [5.74, 6) is 0.765. The number of likely N-dealkylation sites (tertiary alicyclic amines) is 1. The molecule has 0 aliphatic carbocycles. The molecule has 1 unspecified atom stereocenters. The molecule has 6 heteroatoms. The molecule has 1 saturated heterocycles. The van der Waals surface area contributed by atoms with E-state index in [1.54, 1.807) is 25.2 Å². The third-order valence-corrected chi connectivity index (χ3v) is 5.05. The van der Waals surface area contributed by atoms with Crippen LogP contribution in [0.3, 0.4) is 0 Å². The number of carbonyl (C=O) groups is 1. The monoisotopic (exact) mass is 389 g/mol. The van der Waals surface area contributed by atoms with Crippen molar-refractivity contribution in [1.82, 2.24) is 4.90 Å². The van der Waals surface area contributed by atoms with Crippen LogP contribution < -0.4 is 9.47 Å². The lowest BCUT2D eigenvalue weighted by Gasteiger charge is -2.25. The molecule has 2 aromatic carbocycles. The maximum absolute atomic E-state index is 13.9. The van der Waals surface area contributed by atoms with E-state index in [1.807, 2.05) is 18.2 Å². The van der Waals surface area contributed by atoms with Gasteiger partial charge in [0.2, 0.25) is 5.91 Å². The third-order valence-electron chi connectivity index (χ3n) is 4.72. The van der Waals surface area contributed by atoms with Gasteiger partial charge in [-0.1, -0.05) is 17.7 Å². The second-order valence-corrected chi connectivity index (χ2v) is 6.67. The molecule has 0 saturated carbocycles. The number of nitrogens with zero attached hydrogens (tertiary/aromatic N) is 1. The van der Waals surface area contributed by atoms with Crippen molar-refractivity contribution in [1.29, 1.82) is 0 Å². The molecule has 1 amide bonds. The molecular formula is C21H21ClFNO3. The predicted molar refractivity (Wildman–Crippen MR) is 104 cm³/mol. The highest BCUT2D eigenvalue weighted by atomic mass is 35.5. The molecule has 0 spiro atoms. The van der Waals surface area contributed by atoms with Crippen molar-refractivity contribution in [3.05, 3.63) is 64.4 Å². The van der Waals surface area contributed by atoms with Crippen LogP contribution in [0.25, 0.3) is 6.08 Å². The molecule has 0 aromatic heterocycles. The average molecular weight is 390 g/mol. The van der Waals surface area contributed by atoms with E-state index >= 15 is 0 Å². The first-order valence-corrected chi connectivity index (χ1v) is 9.07. The van der Waals surface area contributed by atoms with Gasteiger partial charge < -0.3 is 14.4 Å². The highest BCUT2D eigenvalue weighted by molar-refractivity contribution is 6.32. The number of halogens is 2. The molecular weight excluding hydrogens is 369 g/mol. The molecule has 0 radical (unpaired) electrons. The fourth-order valence-electron chi connectivity index (χ4n) is 3.37. The van der Waals surface area contributed by atoms with E-state index < -0.39 is 5.82 Å². The Bertz CT molecular complexity index is 848. The van der Waals surface area contributed by atoms with Crippen LogP contribution in [-0.2, 0) is 4.79 Å². The van der Waals surface area contributed by atoms with Crippen molar-refractivity contribution in [2.24, 2.45) is 0 Å². The highest BCUT2D eigenvalue weighted by Crippen LogP contribution is 2.39. The Morgan fingerprint density at radius 2 is 2.07 bits per heavy atom. The molecule has 1 fully saturated rings. The first kappa shape index (κ1) is 19.2. The van der Waals surface area contributed by atoms with Gasteiger partial charge in [-0.15, -0.1) is 0 Å². The number of hydrogen-bond donors (Lipinski definition) is 0. The van der Waals surface area contributed by atoms with Gasteiger partial charge in [-0.3, -0.25) is 4.79 Å². The van der Waals surface area contributed by atoms with Crippen LogP contribution in [-0.4, -0.2) is 31.6 Å². The molecule has 0 N–H and O–H groups in total. The molecule has 0 bridgehead atoms. The summed E-state index contributed by atoms with van der Waals surface area (Å²) in [6, 6.07) is 9.87. The number of carbonyl (C=O) groups excluding carboxylic acids is 1. The van der Waals surface area contributed by atoms with Gasteiger partial charge in [-0.25, -0.2) is 4.39 Å². The fraction of sp³-hybridized carbons (Fsp3) is 0.286. The predicted octanol–water partition coefficient (Wildman–Crippen LogP) is 4.87. The quantitative estimate of drug-likeness (QED) is 0.684. The molecule has 27 heavy (non-hydrogen) atoms. The maximum atomic E-state index is 13.9. The van der Waals surface area contributed by atoms with Crippen LogP contribution in [0.5, 0.6) is 11.5 Å². The standard InChI is InChI=1S/C21H21ClFNO3/c1-26-14-8-10-20(27-2)16(13-14)19-7-4-12-24(19)21(25)11-9-15-17(22)5-3-6-18(15)23/h3,5-6,8-11,13,19H,4,7,12H2,1-2H3. The molecule has 3 rings (SSSR count). The van der Waals surface area contributed by atoms with E-state index in [4.69, 9.17) is 21.1 Å². The topological polar surface area (TPSA) is 38.8 Å². The summed E-state index contributed by atoms with van der Waals surface area (Å²) in [6.07, 6.45) is 4.50. The molecule has 142 valence electrons. The summed E-state index contributed by atoms with van der Waals surface area (Å²) < 4.78 is 24.7. The second-order valence-electron chi connectivity index (χ2n) is 6.27. The lowest BCUT2D eigenvalue weighted by molar-refractivity contribution is -0.126.